The number of carbonyl (C=O) groups is 4. The molecule has 47 heavy (non-hydrogen) atoms. The summed E-state index contributed by atoms with van der Waals surface area (Å²) in [6.45, 7) is 7.25. The van der Waals surface area contributed by atoms with Gasteiger partial charge in [0, 0.05) is 13.0 Å². The van der Waals surface area contributed by atoms with Gasteiger partial charge in [0.25, 0.3) is 0 Å². The van der Waals surface area contributed by atoms with E-state index in [1.807, 2.05) is 51.1 Å². The first-order chi connectivity index (χ1) is 22.3. The van der Waals surface area contributed by atoms with Crippen molar-refractivity contribution in [2.75, 3.05) is 20.8 Å². The topological polar surface area (TPSA) is 140 Å². The number of ether oxygens (including phenoxy) is 3. The number of nitrogens with one attached hydrogen (secondary N) is 2. The molecule has 0 aliphatic carbocycles. The quantitative estimate of drug-likeness (QED) is 0.142. The number of hydrogen-bond acceptors (Lipinski definition) is 8. The highest BCUT2D eigenvalue weighted by atomic mass is 35.5. The van der Waals surface area contributed by atoms with E-state index in [-0.39, 0.29) is 24.8 Å². The molecule has 2 aromatic rings. The fourth-order valence-corrected chi connectivity index (χ4v) is 5.05. The van der Waals surface area contributed by atoms with Crippen LogP contribution in [0.5, 0.6) is 5.75 Å². The van der Waals surface area contributed by atoms with Crippen molar-refractivity contribution in [1.82, 2.24) is 10.6 Å². The smallest absolute Gasteiger partial charge is 0.347 e. The summed E-state index contributed by atoms with van der Waals surface area (Å²) in [5, 5.41) is 16.4. The molecule has 5 atom stereocenters. The number of carbonyl (C=O) groups excluding carboxylic acids is 4. The van der Waals surface area contributed by atoms with Gasteiger partial charge in [0.15, 0.2) is 6.10 Å². The molecule has 0 saturated carbocycles. The lowest BCUT2D eigenvalue weighted by atomic mass is 9.94. The van der Waals surface area contributed by atoms with Crippen molar-refractivity contribution in [3.8, 4) is 5.75 Å². The lowest BCUT2D eigenvalue weighted by molar-refractivity contribution is -0.169. The monoisotopic (exact) mass is 672 g/mol. The van der Waals surface area contributed by atoms with Crippen LogP contribution in [-0.2, 0) is 41.5 Å². The molecule has 0 aromatic heterocycles. The second-order valence-electron chi connectivity index (χ2n) is 12.2. The average molecular weight is 673 g/mol. The van der Waals surface area contributed by atoms with Crippen LogP contribution in [0, 0.1) is 17.8 Å². The van der Waals surface area contributed by atoms with Crippen molar-refractivity contribution < 1.29 is 38.5 Å². The summed E-state index contributed by atoms with van der Waals surface area (Å²) in [4.78, 5) is 51.0. The van der Waals surface area contributed by atoms with Crippen LogP contribution in [0.1, 0.15) is 58.1 Å². The van der Waals surface area contributed by atoms with Crippen LogP contribution in [0.15, 0.2) is 60.7 Å². The van der Waals surface area contributed by atoms with Crippen LogP contribution in [-0.4, -0.2) is 67.9 Å². The molecule has 0 bridgehead atoms. The van der Waals surface area contributed by atoms with Gasteiger partial charge in [0.05, 0.1) is 31.3 Å². The second-order valence-corrected chi connectivity index (χ2v) is 12.6. The maximum absolute atomic E-state index is 13.3. The molecule has 5 unspecified atom stereocenters. The van der Waals surface area contributed by atoms with Gasteiger partial charge in [-0.05, 0) is 66.9 Å². The van der Waals surface area contributed by atoms with E-state index in [4.69, 9.17) is 25.8 Å². The van der Waals surface area contributed by atoms with Gasteiger partial charge < -0.3 is 30.0 Å². The van der Waals surface area contributed by atoms with Crippen LogP contribution < -0.4 is 15.4 Å². The Balaban J connectivity index is 2.02. The van der Waals surface area contributed by atoms with E-state index >= 15 is 0 Å². The summed E-state index contributed by atoms with van der Waals surface area (Å²) in [5.41, 5.74) is 1.75. The number of aliphatic hydroxyl groups excluding tert-OH is 1. The fourth-order valence-electron chi connectivity index (χ4n) is 4.77. The predicted octanol–water partition coefficient (Wildman–Crippen LogP) is 4.84. The number of aliphatic hydroxyl groups is 1. The number of hydrogen-bond donors (Lipinski definition) is 3. The van der Waals surface area contributed by atoms with Gasteiger partial charge in [-0.1, -0.05) is 81.8 Å². The van der Waals surface area contributed by atoms with Crippen LogP contribution in [0.2, 0.25) is 5.02 Å². The molecule has 0 radical (unpaired) electrons. The molecule has 258 valence electrons. The molecule has 0 heterocycles. The van der Waals surface area contributed by atoms with Gasteiger partial charge in [-0.2, -0.15) is 0 Å². The predicted molar refractivity (Wildman–Crippen MR) is 181 cm³/mol. The number of amides is 2. The van der Waals surface area contributed by atoms with Crippen molar-refractivity contribution in [2.24, 2.45) is 17.8 Å². The van der Waals surface area contributed by atoms with Crippen LogP contribution >= 0.6 is 11.6 Å². The summed E-state index contributed by atoms with van der Waals surface area (Å²) in [6, 6.07) is 13.9. The zero-order valence-corrected chi connectivity index (χ0v) is 28.9. The maximum Gasteiger partial charge on any atom is 0.347 e. The Bertz CT molecular complexity index is 1330. The normalized spacial score (nSPS) is 14.5. The van der Waals surface area contributed by atoms with Gasteiger partial charge in [-0.3, -0.25) is 14.4 Å². The minimum absolute atomic E-state index is 0.0169. The van der Waals surface area contributed by atoms with E-state index in [0.717, 1.165) is 5.56 Å². The third kappa shape index (κ3) is 14.2. The van der Waals surface area contributed by atoms with Crippen LogP contribution in [0.25, 0.3) is 0 Å². The molecular weight excluding hydrogens is 624 g/mol. The molecule has 0 aliphatic heterocycles. The van der Waals surface area contributed by atoms with E-state index in [9.17, 15) is 24.3 Å². The Labute approximate surface area is 283 Å². The van der Waals surface area contributed by atoms with Crippen molar-refractivity contribution in [3.05, 3.63) is 76.8 Å². The highest BCUT2D eigenvalue weighted by molar-refractivity contribution is 6.32. The number of benzene rings is 2. The zero-order valence-electron chi connectivity index (χ0n) is 28.2. The average Bonchev–Trinajstić information content (AvgIpc) is 3.04. The van der Waals surface area contributed by atoms with Gasteiger partial charge in [0.1, 0.15) is 11.8 Å². The Kier molecular flexibility index (Phi) is 17.0. The standard InChI is InChI=1S/C36H49ClN2O8/c1-23(2)18-32(36(44)46-6)47-35(43)25(4)22-38-34(42)29(20-27-16-17-31(45-5)28(37)19-27)39-33(41)15-11-10-12-24(3)30(40)21-26-13-8-7-9-14-26/h7-9,11,13-17,19,23-25,29-30,32,40H,10,12,18,20-22H2,1-6H3,(H,38,42)(H,39,41). The number of rotatable bonds is 19. The molecule has 3 N–H and O–H groups in total. The van der Waals surface area contributed by atoms with E-state index in [0.29, 0.717) is 42.0 Å². The number of esters is 2. The fraction of sp³-hybridized carbons (Fsp3) is 0.500. The Morgan fingerprint density at radius 2 is 1.64 bits per heavy atom. The molecular formula is C36H49ClN2O8. The first kappa shape index (κ1) is 39.3. The lowest BCUT2D eigenvalue weighted by Crippen LogP contribution is -2.49. The van der Waals surface area contributed by atoms with Crippen LogP contribution in [0.3, 0.4) is 0 Å². The maximum atomic E-state index is 13.3. The molecule has 0 aliphatic rings. The molecule has 2 rings (SSSR count). The van der Waals surface area contributed by atoms with E-state index in [1.165, 1.54) is 20.3 Å². The first-order valence-corrected chi connectivity index (χ1v) is 16.3. The third-order valence-corrected chi connectivity index (χ3v) is 7.98. The summed E-state index contributed by atoms with van der Waals surface area (Å²) >= 11 is 6.29. The zero-order chi connectivity index (χ0) is 34.9. The Hall–Kier alpha value is -3.89. The van der Waals surface area contributed by atoms with Gasteiger partial charge in [-0.25, -0.2) is 4.79 Å². The van der Waals surface area contributed by atoms with Crippen molar-refractivity contribution >= 4 is 35.4 Å². The number of methoxy groups -OCH3 is 2. The number of halogens is 1. The summed E-state index contributed by atoms with van der Waals surface area (Å²) in [7, 11) is 2.72. The van der Waals surface area contributed by atoms with Crippen molar-refractivity contribution in [3.63, 3.8) is 0 Å². The molecule has 2 aromatic carbocycles. The van der Waals surface area contributed by atoms with Crippen molar-refractivity contribution in [1.29, 1.82) is 0 Å². The highest BCUT2D eigenvalue weighted by Gasteiger charge is 2.28. The molecule has 10 nitrogen and oxygen atoms in total. The first-order valence-electron chi connectivity index (χ1n) is 15.9. The minimum Gasteiger partial charge on any atom is -0.495 e. The summed E-state index contributed by atoms with van der Waals surface area (Å²) in [5.74, 6) is -2.48. The van der Waals surface area contributed by atoms with Crippen molar-refractivity contribution in [2.45, 2.75) is 78.0 Å². The SMILES string of the molecule is COC(=O)C(CC(C)C)OC(=O)C(C)CNC(=O)C(Cc1ccc(OC)c(Cl)c1)NC(=O)C=CCCC(C)C(O)Cc1ccccc1. The minimum atomic E-state index is -1.04. The van der Waals surface area contributed by atoms with E-state index in [1.54, 1.807) is 31.2 Å². The molecule has 11 heteroatoms. The number of allylic oxidation sites excluding steroid dienone is 1. The molecule has 0 saturated heterocycles. The van der Waals surface area contributed by atoms with Crippen LogP contribution in [0.4, 0.5) is 0 Å². The van der Waals surface area contributed by atoms with Gasteiger partial charge in [0.2, 0.25) is 11.8 Å². The Morgan fingerprint density at radius 3 is 2.26 bits per heavy atom. The molecule has 2 amide bonds. The Morgan fingerprint density at radius 1 is 0.936 bits per heavy atom. The summed E-state index contributed by atoms with van der Waals surface area (Å²) in [6.07, 6.45) is 3.75. The van der Waals surface area contributed by atoms with E-state index < -0.39 is 47.9 Å². The lowest BCUT2D eigenvalue weighted by Gasteiger charge is -2.22. The second kappa shape index (κ2) is 20.4. The molecule has 0 spiro atoms. The summed E-state index contributed by atoms with van der Waals surface area (Å²) < 4.78 is 15.4. The highest BCUT2D eigenvalue weighted by Crippen LogP contribution is 2.25. The third-order valence-electron chi connectivity index (χ3n) is 7.68. The molecule has 0 fully saturated rings. The van der Waals surface area contributed by atoms with Gasteiger partial charge in [-0.15, -0.1) is 0 Å². The van der Waals surface area contributed by atoms with Gasteiger partial charge >= 0.3 is 11.9 Å². The van der Waals surface area contributed by atoms with E-state index in [2.05, 4.69) is 10.6 Å². The largest absolute Gasteiger partial charge is 0.495 e.